The minimum Gasteiger partial charge on any atom is -0.375 e. The van der Waals surface area contributed by atoms with Crippen LogP contribution in [0.15, 0.2) is 42.5 Å². The molecule has 0 saturated heterocycles. The minimum absolute atomic E-state index is 0.242. The Morgan fingerprint density at radius 1 is 1.05 bits per heavy atom. The SMILES string of the molecule is CO[C@@H](c1ccccc1F)[C@@H](C)NCc1cc(F)cc(F)c1. The average molecular weight is 309 g/mol. The van der Waals surface area contributed by atoms with Crippen LogP contribution < -0.4 is 5.32 Å². The third-order valence-electron chi connectivity index (χ3n) is 3.47. The summed E-state index contributed by atoms with van der Waals surface area (Å²) in [6.45, 7) is 2.08. The van der Waals surface area contributed by atoms with Crippen LogP contribution >= 0.6 is 0 Å². The molecule has 0 aliphatic rings. The molecule has 0 amide bonds. The molecule has 5 heteroatoms. The van der Waals surface area contributed by atoms with Crippen molar-refractivity contribution in [3.63, 3.8) is 0 Å². The van der Waals surface area contributed by atoms with E-state index in [4.69, 9.17) is 4.74 Å². The van der Waals surface area contributed by atoms with Crippen molar-refractivity contribution in [2.75, 3.05) is 7.11 Å². The topological polar surface area (TPSA) is 21.3 Å². The molecular weight excluding hydrogens is 291 g/mol. The summed E-state index contributed by atoms with van der Waals surface area (Å²) in [7, 11) is 1.50. The Bertz CT molecular complexity index is 613. The van der Waals surface area contributed by atoms with Crippen LogP contribution in [0.3, 0.4) is 0 Å². The zero-order valence-electron chi connectivity index (χ0n) is 12.4. The molecule has 0 radical (unpaired) electrons. The highest BCUT2D eigenvalue weighted by atomic mass is 19.1. The first-order valence-electron chi connectivity index (χ1n) is 6.97. The van der Waals surface area contributed by atoms with E-state index in [0.29, 0.717) is 11.1 Å². The number of benzene rings is 2. The number of hydrogen-bond donors (Lipinski definition) is 1. The lowest BCUT2D eigenvalue weighted by Crippen LogP contribution is -2.33. The zero-order chi connectivity index (χ0) is 16.1. The highest BCUT2D eigenvalue weighted by molar-refractivity contribution is 5.22. The molecule has 0 bridgehead atoms. The molecule has 0 aromatic heterocycles. The van der Waals surface area contributed by atoms with Crippen molar-refractivity contribution in [3.8, 4) is 0 Å². The summed E-state index contributed by atoms with van der Waals surface area (Å²) in [5.41, 5.74) is 0.920. The van der Waals surface area contributed by atoms with Gasteiger partial charge in [0.05, 0.1) is 6.10 Å². The fourth-order valence-corrected chi connectivity index (χ4v) is 2.41. The zero-order valence-corrected chi connectivity index (χ0v) is 12.4. The first-order chi connectivity index (χ1) is 10.5. The fraction of sp³-hybridized carbons (Fsp3) is 0.294. The van der Waals surface area contributed by atoms with Crippen LogP contribution in [-0.4, -0.2) is 13.2 Å². The van der Waals surface area contributed by atoms with E-state index in [1.54, 1.807) is 18.2 Å². The van der Waals surface area contributed by atoms with Crippen LogP contribution in [0.4, 0.5) is 13.2 Å². The van der Waals surface area contributed by atoms with Crippen molar-refractivity contribution in [3.05, 3.63) is 71.0 Å². The molecule has 0 heterocycles. The second-order valence-electron chi connectivity index (χ2n) is 5.13. The second-order valence-corrected chi connectivity index (χ2v) is 5.13. The average Bonchev–Trinajstić information content (AvgIpc) is 2.47. The maximum Gasteiger partial charge on any atom is 0.129 e. The quantitative estimate of drug-likeness (QED) is 0.872. The third kappa shape index (κ3) is 4.08. The molecule has 0 fully saturated rings. The monoisotopic (exact) mass is 309 g/mol. The standard InChI is InChI=1S/C17H18F3NO/c1-11(17(22-2)15-5-3-4-6-16(15)20)21-10-12-7-13(18)9-14(19)8-12/h3-9,11,17,21H,10H2,1-2H3/t11-,17-/m1/s1. The fourth-order valence-electron chi connectivity index (χ4n) is 2.41. The van der Waals surface area contributed by atoms with Crippen LogP contribution in [0.1, 0.15) is 24.2 Å². The summed E-state index contributed by atoms with van der Waals surface area (Å²) in [6.07, 6.45) is -0.500. The Kier molecular flexibility index (Phi) is 5.57. The summed E-state index contributed by atoms with van der Waals surface area (Å²) in [6, 6.07) is 9.47. The van der Waals surface area contributed by atoms with Crippen molar-refractivity contribution >= 4 is 0 Å². The number of hydrogen-bond acceptors (Lipinski definition) is 2. The van der Waals surface area contributed by atoms with Crippen LogP contribution in [0.5, 0.6) is 0 Å². The van der Waals surface area contributed by atoms with Gasteiger partial charge in [-0.3, -0.25) is 0 Å². The maximum absolute atomic E-state index is 13.8. The summed E-state index contributed by atoms with van der Waals surface area (Å²) >= 11 is 0. The molecule has 0 saturated carbocycles. The van der Waals surface area contributed by atoms with E-state index in [0.717, 1.165) is 6.07 Å². The number of ether oxygens (including phenoxy) is 1. The summed E-state index contributed by atoms with van der Waals surface area (Å²) in [4.78, 5) is 0. The number of halogens is 3. The molecule has 1 N–H and O–H groups in total. The molecular formula is C17H18F3NO. The van der Waals surface area contributed by atoms with Crippen LogP contribution in [0, 0.1) is 17.5 Å². The molecule has 2 aromatic rings. The van der Waals surface area contributed by atoms with Gasteiger partial charge in [-0.25, -0.2) is 13.2 Å². The van der Waals surface area contributed by atoms with E-state index >= 15 is 0 Å². The largest absolute Gasteiger partial charge is 0.375 e. The predicted octanol–water partition coefficient (Wildman–Crippen LogP) is 3.97. The van der Waals surface area contributed by atoms with Crippen molar-refractivity contribution in [1.29, 1.82) is 0 Å². The van der Waals surface area contributed by atoms with Gasteiger partial charge in [0, 0.05) is 31.3 Å². The minimum atomic E-state index is -0.623. The van der Waals surface area contributed by atoms with E-state index in [1.807, 2.05) is 6.92 Å². The first kappa shape index (κ1) is 16.5. The third-order valence-corrected chi connectivity index (χ3v) is 3.47. The molecule has 0 unspecified atom stereocenters. The normalized spacial score (nSPS) is 13.9. The highest BCUT2D eigenvalue weighted by Crippen LogP contribution is 2.23. The van der Waals surface area contributed by atoms with E-state index in [2.05, 4.69) is 5.32 Å². The van der Waals surface area contributed by atoms with Gasteiger partial charge in [0.2, 0.25) is 0 Å². The Morgan fingerprint density at radius 3 is 2.27 bits per heavy atom. The van der Waals surface area contributed by atoms with Crippen molar-refractivity contribution in [2.45, 2.75) is 25.6 Å². The van der Waals surface area contributed by atoms with Gasteiger partial charge < -0.3 is 10.1 Å². The number of methoxy groups -OCH3 is 1. The highest BCUT2D eigenvalue weighted by Gasteiger charge is 2.21. The van der Waals surface area contributed by atoms with Gasteiger partial charge in [0.15, 0.2) is 0 Å². The molecule has 2 atom stereocenters. The summed E-state index contributed by atoms with van der Waals surface area (Å²) in [5, 5.41) is 3.11. The van der Waals surface area contributed by atoms with Crippen molar-refractivity contribution < 1.29 is 17.9 Å². The summed E-state index contributed by atoms with van der Waals surface area (Å²) in [5.74, 6) is -1.59. The van der Waals surface area contributed by atoms with Gasteiger partial charge in [0.25, 0.3) is 0 Å². The lowest BCUT2D eigenvalue weighted by molar-refractivity contribution is 0.0700. The molecule has 0 spiro atoms. The molecule has 0 aliphatic carbocycles. The van der Waals surface area contributed by atoms with Gasteiger partial charge in [-0.05, 0) is 30.7 Å². The smallest absolute Gasteiger partial charge is 0.129 e. The molecule has 22 heavy (non-hydrogen) atoms. The Balaban J connectivity index is 2.06. The Hall–Kier alpha value is -1.85. The molecule has 2 aromatic carbocycles. The van der Waals surface area contributed by atoms with Crippen LogP contribution in [0.25, 0.3) is 0 Å². The van der Waals surface area contributed by atoms with E-state index in [9.17, 15) is 13.2 Å². The van der Waals surface area contributed by atoms with Gasteiger partial charge in [-0.1, -0.05) is 18.2 Å². The van der Waals surface area contributed by atoms with Crippen LogP contribution in [0.2, 0.25) is 0 Å². The van der Waals surface area contributed by atoms with Crippen molar-refractivity contribution in [1.82, 2.24) is 5.32 Å². The van der Waals surface area contributed by atoms with E-state index < -0.39 is 17.7 Å². The number of nitrogens with one attached hydrogen (secondary N) is 1. The Labute approximate surface area is 127 Å². The maximum atomic E-state index is 13.8. The van der Waals surface area contributed by atoms with Gasteiger partial charge in [-0.2, -0.15) is 0 Å². The van der Waals surface area contributed by atoms with E-state index in [1.165, 1.54) is 25.3 Å². The van der Waals surface area contributed by atoms with Gasteiger partial charge >= 0.3 is 0 Å². The predicted molar refractivity (Wildman–Crippen MR) is 78.8 cm³/mol. The van der Waals surface area contributed by atoms with E-state index in [-0.39, 0.29) is 18.4 Å². The number of rotatable bonds is 6. The molecule has 2 rings (SSSR count). The lowest BCUT2D eigenvalue weighted by atomic mass is 10.0. The lowest BCUT2D eigenvalue weighted by Gasteiger charge is -2.24. The summed E-state index contributed by atoms with van der Waals surface area (Å²) < 4.78 is 45.5. The second kappa shape index (κ2) is 7.42. The molecule has 118 valence electrons. The molecule has 0 aliphatic heterocycles. The van der Waals surface area contributed by atoms with Gasteiger partial charge in [-0.15, -0.1) is 0 Å². The van der Waals surface area contributed by atoms with Gasteiger partial charge in [0.1, 0.15) is 17.5 Å². The van der Waals surface area contributed by atoms with Crippen molar-refractivity contribution in [2.24, 2.45) is 0 Å². The van der Waals surface area contributed by atoms with Crippen LogP contribution in [-0.2, 0) is 11.3 Å². The molecule has 2 nitrogen and oxygen atoms in total. The first-order valence-corrected chi connectivity index (χ1v) is 6.97. The Morgan fingerprint density at radius 2 is 1.68 bits per heavy atom.